The maximum atomic E-state index is 13.0. The Labute approximate surface area is 154 Å². The molecule has 1 aromatic carbocycles. The number of hydrogen-bond acceptors (Lipinski definition) is 5. The number of ether oxygens (including phenoxy) is 1. The molecule has 0 aromatic heterocycles. The van der Waals surface area contributed by atoms with Crippen molar-refractivity contribution in [2.75, 3.05) is 24.6 Å². The number of esters is 1. The third-order valence-corrected chi connectivity index (χ3v) is 5.39. The maximum Gasteiger partial charge on any atom is 0.310 e. The number of hydrogen-bond donors (Lipinski definition) is 0. The van der Waals surface area contributed by atoms with Gasteiger partial charge in [-0.1, -0.05) is 6.07 Å². The highest BCUT2D eigenvalue weighted by molar-refractivity contribution is 6.22. The van der Waals surface area contributed by atoms with Crippen LogP contribution in [0.1, 0.15) is 37.3 Å². The van der Waals surface area contributed by atoms with Crippen LogP contribution in [0.2, 0.25) is 0 Å². The van der Waals surface area contributed by atoms with Crippen molar-refractivity contribution in [1.29, 1.82) is 0 Å². The number of aryl methyl sites for hydroxylation is 2. The van der Waals surface area contributed by atoms with Crippen molar-refractivity contribution >= 4 is 23.5 Å². The number of rotatable bonds is 4. The molecule has 2 aliphatic rings. The number of nitrogens with zero attached hydrogens (tertiary/aromatic N) is 2. The molecule has 26 heavy (non-hydrogen) atoms. The number of likely N-dealkylation sites (tertiary alicyclic amines) is 1. The van der Waals surface area contributed by atoms with Gasteiger partial charge in [0.25, 0.3) is 5.91 Å². The van der Waals surface area contributed by atoms with Crippen LogP contribution >= 0.6 is 0 Å². The lowest BCUT2D eigenvalue weighted by Crippen LogP contribution is -2.48. The number of carbonyl (C=O) groups excluding carboxylic acids is 3. The fourth-order valence-electron chi connectivity index (χ4n) is 3.78. The van der Waals surface area contributed by atoms with Crippen LogP contribution in [0.15, 0.2) is 18.2 Å². The van der Waals surface area contributed by atoms with E-state index in [1.807, 2.05) is 36.9 Å². The van der Waals surface area contributed by atoms with Crippen molar-refractivity contribution in [3.05, 3.63) is 29.3 Å². The van der Waals surface area contributed by atoms with Crippen molar-refractivity contribution < 1.29 is 19.1 Å². The van der Waals surface area contributed by atoms with Gasteiger partial charge in [-0.15, -0.1) is 0 Å². The van der Waals surface area contributed by atoms with E-state index in [9.17, 15) is 14.4 Å². The molecule has 0 bridgehead atoms. The number of amides is 2. The Kier molecular flexibility index (Phi) is 5.41. The van der Waals surface area contributed by atoms with E-state index in [0.29, 0.717) is 18.8 Å². The van der Waals surface area contributed by atoms with E-state index in [-0.39, 0.29) is 30.1 Å². The standard InChI is InChI=1S/C20H26N2O4/c1-4-26-20(25)15-6-5-9-21(12-15)17-11-18(23)22(19(17)24)16-8-7-13(2)14(3)10-16/h7-8,10,15,17H,4-6,9,11-12H2,1-3H3/t15-,17+/m1/s1. The van der Waals surface area contributed by atoms with E-state index in [2.05, 4.69) is 0 Å². The van der Waals surface area contributed by atoms with Gasteiger partial charge < -0.3 is 4.74 Å². The number of anilines is 1. The topological polar surface area (TPSA) is 66.9 Å². The lowest BCUT2D eigenvalue weighted by Gasteiger charge is -2.34. The molecular weight excluding hydrogens is 332 g/mol. The number of piperidine rings is 1. The minimum atomic E-state index is -0.485. The molecule has 3 rings (SSSR count). The number of carbonyl (C=O) groups is 3. The predicted molar refractivity (Wildman–Crippen MR) is 97.7 cm³/mol. The first kappa shape index (κ1) is 18.6. The largest absolute Gasteiger partial charge is 0.466 e. The average Bonchev–Trinajstić information content (AvgIpc) is 2.92. The van der Waals surface area contributed by atoms with Crippen molar-refractivity contribution in [3.63, 3.8) is 0 Å². The Bertz CT molecular complexity index is 731. The zero-order valence-corrected chi connectivity index (χ0v) is 15.7. The van der Waals surface area contributed by atoms with E-state index in [1.165, 1.54) is 4.90 Å². The summed E-state index contributed by atoms with van der Waals surface area (Å²) in [5, 5.41) is 0. The average molecular weight is 358 g/mol. The van der Waals surface area contributed by atoms with Gasteiger partial charge in [-0.2, -0.15) is 0 Å². The predicted octanol–water partition coefficient (Wildman–Crippen LogP) is 2.21. The van der Waals surface area contributed by atoms with Gasteiger partial charge in [0.1, 0.15) is 0 Å². The van der Waals surface area contributed by atoms with Crippen LogP contribution in [0.3, 0.4) is 0 Å². The van der Waals surface area contributed by atoms with Crippen molar-refractivity contribution in [2.24, 2.45) is 5.92 Å². The van der Waals surface area contributed by atoms with Gasteiger partial charge in [0.2, 0.25) is 5.91 Å². The van der Waals surface area contributed by atoms with Crippen molar-refractivity contribution in [3.8, 4) is 0 Å². The summed E-state index contributed by atoms with van der Waals surface area (Å²) in [5.41, 5.74) is 2.80. The minimum absolute atomic E-state index is 0.168. The Balaban J connectivity index is 1.75. The fraction of sp³-hybridized carbons (Fsp3) is 0.550. The van der Waals surface area contributed by atoms with Crippen LogP contribution in [0.25, 0.3) is 0 Å². The highest BCUT2D eigenvalue weighted by Gasteiger charge is 2.44. The van der Waals surface area contributed by atoms with E-state index >= 15 is 0 Å². The quantitative estimate of drug-likeness (QED) is 0.610. The molecule has 140 valence electrons. The van der Waals surface area contributed by atoms with Gasteiger partial charge in [-0.3, -0.25) is 19.3 Å². The molecule has 0 unspecified atom stereocenters. The molecule has 0 spiro atoms. The van der Waals surface area contributed by atoms with E-state index in [4.69, 9.17) is 4.74 Å². The maximum absolute atomic E-state index is 13.0. The molecule has 2 heterocycles. The van der Waals surface area contributed by atoms with Gasteiger partial charge in [0.15, 0.2) is 0 Å². The van der Waals surface area contributed by atoms with E-state index < -0.39 is 6.04 Å². The molecule has 2 fully saturated rings. The highest BCUT2D eigenvalue weighted by atomic mass is 16.5. The molecule has 2 aliphatic heterocycles. The molecule has 6 heteroatoms. The number of benzene rings is 1. The third-order valence-electron chi connectivity index (χ3n) is 5.39. The Hall–Kier alpha value is -2.21. The van der Waals surface area contributed by atoms with Crippen LogP contribution in [0.4, 0.5) is 5.69 Å². The summed E-state index contributed by atoms with van der Waals surface area (Å²) in [6.45, 7) is 7.31. The van der Waals surface area contributed by atoms with Crippen LogP contribution < -0.4 is 4.90 Å². The summed E-state index contributed by atoms with van der Waals surface area (Å²) < 4.78 is 5.13. The van der Waals surface area contributed by atoms with Gasteiger partial charge in [-0.05, 0) is 63.4 Å². The summed E-state index contributed by atoms with van der Waals surface area (Å²) in [6.07, 6.45) is 1.76. The van der Waals surface area contributed by atoms with Crippen LogP contribution in [-0.2, 0) is 19.1 Å². The van der Waals surface area contributed by atoms with E-state index in [0.717, 1.165) is 30.5 Å². The van der Waals surface area contributed by atoms with Gasteiger partial charge in [0.05, 0.1) is 30.7 Å². The smallest absolute Gasteiger partial charge is 0.310 e. The molecular formula is C20H26N2O4. The molecule has 0 saturated carbocycles. The minimum Gasteiger partial charge on any atom is -0.466 e. The third kappa shape index (κ3) is 3.51. The zero-order chi connectivity index (χ0) is 18.8. The van der Waals surface area contributed by atoms with Crippen LogP contribution in [0.5, 0.6) is 0 Å². The Morgan fingerprint density at radius 1 is 1.23 bits per heavy atom. The van der Waals surface area contributed by atoms with Crippen molar-refractivity contribution in [2.45, 2.75) is 46.1 Å². The summed E-state index contributed by atoms with van der Waals surface area (Å²) >= 11 is 0. The zero-order valence-electron chi connectivity index (χ0n) is 15.7. The first-order chi connectivity index (χ1) is 12.4. The van der Waals surface area contributed by atoms with Gasteiger partial charge in [-0.25, -0.2) is 4.90 Å². The summed E-state index contributed by atoms with van der Waals surface area (Å²) in [5.74, 6) is -0.800. The second-order valence-electron chi connectivity index (χ2n) is 7.14. The molecule has 2 saturated heterocycles. The van der Waals surface area contributed by atoms with Gasteiger partial charge in [0, 0.05) is 6.54 Å². The molecule has 2 amide bonds. The normalized spacial score (nSPS) is 24.2. The molecule has 0 aliphatic carbocycles. The van der Waals surface area contributed by atoms with Gasteiger partial charge >= 0.3 is 5.97 Å². The second-order valence-corrected chi connectivity index (χ2v) is 7.14. The Morgan fingerprint density at radius 2 is 2.00 bits per heavy atom. The molecule has 1 aromatic rings. The monoisotopic (exact) mass is 358 g/mol. The summed E-state index contributed by atoms with van der Waals surface area (Å²) in [6, 6.07) is 5.14. The highest BCUT2D eigenvalue weighted by Crippen LogP contribution is 2.30. The Morgan fingerprint density at radius 3 is 2.69 bits per heavy atom. The van der Waals surface area contributed by atoms with Crippen LogP contribution in [0, 0.1) is 19.8 Å². The molecule has 0 N–H and O–H groups in total. The lowest BCUT2D eigenvalue weighted by atomic mass is 9.96. The molecule has 0 radical (unpaired) electrons. The first-order valence-electron chi connectivity index (χ1n) is 9.27. The first-order valence-corrected chi connectivity index (χ1v) is 9.27. The fourth-order valence-corrected chi connectivity index (χ4v) is 3.78. The van der Waals surface area contributed by atoms with Crippen LogP contribution in [-0.4, -0.2) is 48.4 Å². The van der Waals surface area contributed by atoms with Crippen molar-refractivity contribution in [1.82, 2.24) is 4.90 Å². The summed E-state index contributed by atoms with van der Waals surface area (Å²) in [7, 11) is 0. The summed E-state index contributed by atoms with van der Waals surface area (Å²) in [4.78, 5) is 40.8. The second kappa shape index (κ2) is 7.58. The molecule has 2 atom stereocenters. The number of imide groups is 1. The molecule has 6 nitrogen and oxygen atoms in total. The lowest BCUT2D eigenvalue weighted by molar-refractivity contribution is -0.150. The SMILES string of the molecule is CCOC(=O)[C@@H]1CCCN([C@H]2CC(=O)N(c3ccc(C)c(C)c3)C2=O)C1. The van der Waals surface area contributed by atoms with E-state index in [1.54, 1.807) is 6.92 Å².